The van der Waals surface area contributed by atoms with Crippen LogP contribution in [0.15, 0.2) is 24.5 Å². The number of nitrogens with one attached hydrogen (secondary N) is 1. The molecule has 0 unspecified atom stereocenters. The van der Waals surface area contributed by atoms with Gasteiger partial charge >= 0.3 is 5.97 Å². The Morgan fingerprint density at radius 3 is 2.88 bits per heavy atom. The van der Waals surface area contributed by atoms with E-state index in [-0.39, 0.29) is 10.1 Å². The molecule has 0 bridgehead atoms. The second kappa shape index (κ2) is 4.07. The molecule has 2 rings (SSSR count). The Labute approximate surface area is 98.5 Å². The first-order valence-electron chi connectivity index (χ1n) is 5.07. The largest absolute Gasteiger partial charge is 0.480 e. The minimum atomic E-state index is -0.802. The zero-order valence-corrected chi connectivity index (χ0v) is 9.99. The van der Waals surface area contributed by atoms with E-state index in [0.717, 1.165) is 5.56 Å². The molecule has 1 saturated heterocycles. The maximum absolute atomic E-state index is 11.1. The number of hydrogen-bond donors (Lipinski definition) is 2. The molecule has 0 aromatic carbocycles. The Morgan fingerprint density at radius 2 is 2.38 bits per heavy atom. The predicted molar refractivity (Wildman–Crippen MR) is 63.2 cm³/mol. The summed E-state index contributed by atoms with van der Waals surface area (Å²) in [5.41, 5.74) is 1.02. The van der Waals surface area contributed by atoms with E-state index >= 15 is 0 Å². The summed E-state index contributed by atoms with van der Waals surface area (Å²) >= 11 is 1.63. The second-order valence-electron chi connectivity index (χ2n) is 4.33. The van der Waals surface area contributed by atoms with Crippen LogP contribution in [-0.2, 0) is 4.79 Å². The van der Waals surface area contributed by atoms with Crippen molar-refractivity contribution in [2.75, 3.05) is 0 Å². The lowest BCUT2D eigenvalue weighted by molar-refractivity contribution is -0.139. The highest BCUT2D eigenvalue weighted by molar-refractivity contribution is 8.01. The number of aliphatic carboxylic acids is 1. The zero-order chi connectivity index (χ0) is 11.8. The summed E-state index contributed by atoms with van der Waals surface area (Å²) in [4.78, 5) is 15.1. The van der Waals surface area contributed by atoms with Gasteiger partial charge in [-0.25, -0.2) is 0 Å². The number of carboxylic acids is 1. The fourth-order valence-corrected chi connectivity index (χ4v) is 3.21. The molecule has 1 aromatic rings. The van der Waals surface area contributed by atoms with Gasteiger partial charge in [0.15, 0.2) is 0 Å². The Morgan fingerprint density at radius 1 is 1.62 bits per heavy atom. The Kier molecular flexibility index (Phi) is 2.90. The van der Waals surface area contributed by atoms with E-state index in [2.05, 4.69) is 10.3 Å². The van der Waals surface area contributed by atoms with E-state index in [1.165, 1.54) is 0 Å². The van der Waals surface area contributed by atoms with E-state index in [9.17, 15) is 4.79 Å². The number of carbonyl (C=O) groups is 1. The van der Waals surface area contributed by atoms with Crippen molar-refractivity contribution in [1.29, 1.82) is 0 Å². The highest BCUT2D eigenvalue weighted by atomic mass is 32.2. The molecule has 5 heteroatoms. The molecule has 0 radical (unpaired) electrons. The monoisotopic (exact) mass is 238 g/mol. The summed E-state index contributed by atoms with van der Waals surface area (Å²) < 4.78 is -0.313. The van der Waals surface area contributed by atoms with Crippen LogP contribution >= 0.6 is 11.8 Å². The van der Waals surface area contributed by atoms with Crippen LogP contribution in [0.4, 0.5) is 0 Å². The van der Waals surface area contributed by atoms with Crippen molar-refractivity contribution in [1.82, 2.24) is 10.3 Å². The lowest BCUT2D eigenvalue weighted by Gasteiger charge is -2.20. The van der Waals surface area contributed by atoms with Crippen LogP contribution in [0.3, 0.4) is 0 Å². The maximum Gasteiger partial charge on any atom is 0.322 e. The first-order valence-corrected chi connectivity index (χ1v) is 5.95. The number of pyridine rings is 1. The smallest absolute Gasteiger partial charge is 0.322 e. The molecule has 1 fully saturated rings. The Balaban J connectivity index is 2.21. The van der Waals surface area contributed by atoms with E-state index in [4.69, 9.17) is 5.11 Å². The highest BCUT2D eigenvalue weighted by Crippen LogP contribution is 2.45. The van der Waals surface area contributed by atoms with Gasteiger partial charge in [0.1, 0.15) is 6.04 Å². The number of aromatic nitrogens is 1. The molecule has 16 heavy (non-hydrogen) atoms. The predicted octanol–water partition coefficient (Wildman–Crippen LogP) is 1.65. The van der Waals surface area contributed by atoms with Crippen molar-refractivity contribution >= 4 is 17.7 Å². The molecular formula is C11H14N2O2S. The number of nitrogens with zero attached hydrogens (tertiary/aromatic N) is 1. The lowest BCUT2D eigenvalue weighted by Crippen LogP contribution is -2.43. The summed E-state index contributed by atoms with van der Waals surface area (Å²) in [6, 6.07) is 3.29. The van der Waals surface area contributed by atoms with Gasteiger partial charge in [-0.1, -0.05) is 6.07 Å². The van der Waals surface area contributed by atoms with Crippen LogP contribution in [0.5, 0.6) is 0 Å². The van der Waals surface area contributed by atoms with E-state index in [1.54, 1.807) is 24.2 Å². The molecule has 1 aromatic heterocycles. The van der Waals surface area contributed by atoms with Gasteiger partial charge in [-0.3, -0.25) is 15.1 Å². The van der Waals surface area contributed by atoms with E-state index in [0.29, 0.717) is 0 Å². The normalized spacial score (nSPS) is 27.9. The molecule has 0 aliphatic carbocycles. The first kappa shape index (κ1) is 11.4. The standard InChI is InChI=1S/C11H14N2O2S/c1-11(2)8(10(14)15)13-9(16-11)7-4-3-5-12-6-7/h3-6,8-9,13H,1-2H3,(H,14,15)/t8-,9+/m1/s1. The zero-order valence-electron chi connectivity index (χ0n) is 9.18. The van der Waals surface area contributed by atoms with Gasteiger partial charge in [0, 0.05) is 17.1 Å². The van der Waals surface area contributed by atoms with Gasteiger partial charge in [-0.15, -0.1) is 11.8 Å². The van der Waals surface area contributed by atoms with Gasteiger partial charge in [0.05, 0.1) is 5.37 Å². The van der Waals surface area contributed by atoms with Crippen LogP contribution < -0.4 is 5.32 Å². The van der Waals surface area contributed by atoms with Crippen molar-refractivity contribution in [2.24, 2.45) is 0 Å². The summed E-state index contributed by atoms with van der Waals surface area (Å²) in [6.45, 7) is 3.89. The first-order chi connectivity index (χ1) is 7.50. The Hall–Kier alpha value is -1.07. The third-order valence-electron chi connectivity index (χ3n) is 2.67. The SMILES string of the molecule is CC1(C)S[C@@H](c2cccnc2)N[C@@H]1C(=O)O. The van der Waals surface area contributed by atoms with E-state index in [1.807, 2.05) is 26.0 Å². The van der Waals surface area contributed by atoms with Crippen LogP contribution in [0.1, 0.15) is 24.8 Å². The average Bonchev–Trinajstić information content (AvgIpc) is 2.56. The lowest BCUT2D eigenvalue weighted by atomic mass is 10.0. The number of carboxylic acid groups (broad SMARTS) is 1. The molecule has 2 atom stereocenters. The van der Waals surface area contributed by atoms with Gasteiger partial charge in [-0.05, 0) is 25.5 Å². The van der Waals surface area contributed by atoms with Crippen molar-refractivity contribution in [3.63, 3.8) is 0 Å². The fourth-order valence-electron chi connectivity index (χ4n) is 1.82. The average molecular weight is 238 g/mol. The summed E-state index contributed by atoms with van der Waals surface area (Å²) in [5.74, 6) is -0.802. The fraction of sp³-hybridized carbons (Fsp3) is 0.455. The summed E-state index contributed by atoms with van der Waals surface area (Å²) in [7, 11) is 0. The number of rotatable bonds is 2. The van der Waals surface area contributed by atoms with E-state index < -0.39 is 12.0 Å². The molecule has 4 nitrogen and oxygen atoms in total. The minimum absolute atomic E-state index is 0.00444. The van der Waals surface area contributed by atoms with Gasteiger partial charge in [0.25, 0.3) is 0 Å². The van der Waals surface area contributed by atoms with Gasteiger partial charge in [0.2, 0.25) is 0 Å². The Bertz CT molecular complexity index is 394. The molecule has 1 aliphatic heterocycles. The van der Waals surface area contributed by atoms with Crippen molar-refractivity contribution < 1.29 is 9.90 Å². The second-order valence-corrected chi connectivity index (χ2v) is 6.08. The molecule has 86 valence electrons. The van der Waals surface area contributed by atoms with Crippen molar-refractivity contribution in [2.45, 2.75) is 30.0 Å². The van der Waals surface area contributed by atoms with Crippen molar-refractivity contribution in [3.8, 4) is 0 Å². The molecule has 0 amide bonds. The maximum atomic E-state index is 11.1. The van der Waals surface area contributed by atoms with Crippen LogP contribution in [0.25, 0.3) is 0 Å². The highest BCUT2D eigenvalue weighted by Gasteiger charge is 2.45. The molecule has 2 N–H and O–H groups in total. The van der Waals surface area contributed by atoms with Crippen LogP contribution in [0, 0.1) is 0 Å². The third kappa shape index (κ3) is 2.05. The third-order valence-corrected chi connectivity index (χ3v) is 4.16. The van der Waals surface area contributed by atoms with Crippen molar-refractivity contribution in [3.05, 3.63) is 30.1 Å². The van der Waals surface area contributed by atoms with Crippen LogP contribution in [0.2, 0.25) is 0 Å². The molecule has 2 heterocycles. The number of thioether (sulfide) groups is 1. The molecule has 0 saturated carbocycles. The molecule has 1 aliphatic rings. The minimum Gasteiger partial charge on any atom is -0.480 e. The number of hydrogen-bond acceptors (Lipinski definition) is 4. The molecular weight excluding hydrogens is 224 g/mol. The van der Waals surface area contributed by atoms with Gasteiger partial charge in [-0.2, -0.15) is 0 Å². The van der Waals surface area contributed by atoms with Gasteiger partial charge < -0.3 is 5.11 Å². The summed E-state index contributed by atoms with van der Waals surface area (Å²) in [5, 5.41) is 12.2. The molecule has 0 spiro atoms. The summed E-state index contributed by atoms with van der Waals surface area (Å²) in [6.07, 6.45) is 3.48. The quantitative estimate of drug-likeness (QED) is 0.820. The van der Waals surface area contributed by atoms with Crippen LogP contribution in [-0.4, -0.2) is 26.8 Å². The topological polar surface area (TPSA) is 62.2 Å².